The van der Waals surface area contributed by atoms with Gasteiger partial charge in [-0.2, -0.15) is 0 Å². The van der Waals surface area contributed by atoms with Crippen molar-refractivity contribution in [3.05, 3.63) is 0 Å². The van der Waals surface area contributed by atoms with Crippen molar-refractivity contribution in [2.24, 2.45) is 11.8 Å². The molecule has 0 aromatic rings. The number of carbonyl (C=O) groups is 3. The van der Waals surface area contributed by atoms with Crippen molar-refractivity contribution in [2.75, 3.05) is 13.2 Å². The third-order valence-corrected chi connectivity index (χ3v) is 10.5. The Balaban J connectivity index is 4.09. The van der Waals surface area contributed by atoms with E-state index >= 15 is 0 Å². The van der Waals surface area contributed by atoms with Crippen molar-refractivity contribution in [2.45, 2.75) is 259 Å². The average Bonchev–Trinajstić information content (AvgIpc) is 3.12. The number of unbranched alkanes of at least 4 members (excludes halogenated alkanes) is 26. The molecule has 0 N–H and O–H groups in total. The first-order valence-electron chi connectivity index (χ1n) is 23.2. The smallest absolute Gasteiger partial charge is 0.306 e. The topological polar surface area (TPSA) is 78.9 Å². The van der Waals surface area contributed by atoms with E-state index in [1.54, 1.807) is 0 Å². The summed E-state index contributed by atoms with van der Waals surface area (Å²) < 4.78 is 16.6. The minimum atomic E-state index is -0.758. The summed E-state index contributed by atoms with van der Waals surface area (Å²) in [6.45, 7) is 11.3. The van der Waals surface area contributed by atoms with Gasteiger partial charge in [0.2, 0.25) is 0 Å². The molecule has 0 unspecified atom stereocenters. The van der Waals surface area contributed by atoms with Crippen molar-refractivity contribution in [1.82, 2.24) is 0 Å². The molecule has 0 bridgehead atoms. The van der Waals surface area contributed by atoms with Crippen molar-refractivity contribution >= 4 is 17.9 Å². The van der Waals surface area contributed by atoms with E-state index < -0.39 is 6.10 Å². The molecular weight excluding hydrogens is 661 g/mol. The molecule has 0 aliphatic rings. The van der Waals surface area contributed by atoms with Crippen molar-refractivity contribution in [3.63, 3.8) is 0 Å². The fourth-order valence-corrected chi connectivity index (χ4v) is 6.93. The Labute approximate surface area is 329 Å². The molecule has 0 aromatic carbocycles. The third-order valence-electron chi connectivity index (χ3n) is 10.5. The number of esters is 3. The summed E-state index contributed by atoms with van der Waals surface area (Å²) in [5, 5.41) is 0. The van der Waals surface area contributed by atoms with Crippen LogP contribution in [0.4, 0.5) is 0 Å². The zero-order valence-electron chi connectivity index (χ0n) is 36.1. The monoisotopic (exact) mass is 751 g/mol. The molecular formula is C47H90O6. The molecule has 0 aliphatic carbocycles. The first-order chi connectivity index (χ1) is 25.7. The van der Waals surface area contributed by atoms with E-state index in [0.717, 1.165) is 76.0 Å². The first-order valence-corrected chi connectivity index (χ1v) is 23.2. The molecule has 0 radical (unpaired) electrons. The van der Waals surface area contributed by atoms with E-state index in [4.69, 9.17) is 14.2 Å². The van der Waals surface area contributed by atoms with E-state index in [9.17, 15) is 14.4 Å². The predicted molar refractivity (Wildman–Crippen MR) is 224 cm³/mol. The van der Waals surface area contributed by atoms with Gasteiger partial charge in [0.1, 0.15) is 13.2 Å². The average molecular weight is 751 g/mol. The SMILES string of the molecule is CCCCCCCC(=O)O[C@@H](COC(=O)CCCCCCCCCCCCCCCCCC(C)C)COC(=O)CCCCCCCCCCCC(C)C. The third kappa shape index (κ3) is 41.4. The van der Waals surface area contributed by atoms with E-state index in [1.165, 1.54) is 135 Å². The molecule has 0 aromatic heterocycles. The Bertz CT molecular complexity index is 809. The fourth-order valence-electron chi connectivity index (χ4n) is 6.93. The standard InChI is InChI=1S/C47H90O6/c1-6-7-8-25-34-39-47(50)53-44(41-52-46(49)38-33-29-24-20-16-18-22-27-31-36-43(4)5)40-51-45(48)37-32-28-23-19-15-13-11-9-10-12-14-17-21-26-30-35-42(2)3/h42-44H,6-41H2,1-5H3/t44-/m0/s1. The fraction of sp³-hybridized carbons (Fsp3) is 0.936. The molecule has 53 heavy (non-hydrogen) atoms. The maximum absolute atomic E-state index is 12.5. The maximum atomic E-state index is 12.5. The van der Waals surface area contributed by atoms with E-state index in [1.807, 2.05) is 0 Å². The second-order valence-corrected chi connectivity index (χ2v) is 17.0. The number of hydrogen-bond acceptors (Lipinski definition) is 6. The van der Waals surface area contributed by atoms with Crippen LogP contribution in [0.5, 0.6) is 0 Å². The highest BCUT2D eigenvalue weighted by Gasteiger charge is 2.19. The molecule has 0 saturated heterocycles. The second kappa shape index (κ2) is 40.1. The van der Waals surface area contributed by atoms with Gasteiger partial charge in [0.15, 0.2) is 6.10 Å². The minimum Gasteiger partial charge on any atom is -0.462 e. The van der Waals surface area contributed by atoms with Gasteiger partial charge in [-0.05, 0) is 31.1 Å². The lowest BCUT2D eigenvalue weighted by Gasteiger charge is -2.18. The van der Waals surface area contributed by atoms with Crippen molar-refractivity contribution in [3.8, 4) is 0 Å². The predicted octanol–water partition coefficient (Wildman–Crippen LogP) is 14.6. The van der Waals surface area contributed by atoms with Crippen LogP contribution in [-0.4, -0.2) is 37.2 Å². The van der Waals surface area contributed by atoms with Gasteiger partial charge in [-0.15, -0.1) is 0 Å². The normalized spacial score (nSPS) is 12.1. The highest BCUT2D eigenvalue weighted by atomic mass is 16.6. The molecule has 1 atom stereocenters. The Kier molecular flexibility index (Phi) is 38.9. The Morgan fingerprint density at radius 3 is 0.925 bits per heavy atom. The van der Waals surface area contributed by atoms with Gasteiger partial charge in [-0.25, -0.2) is 0 Å². The maximum Gasteiger partial charge on any atom is 0.306 e. The van der Waals surface area contributed by atoms with Crippen molar-refractivity contribution in [1.29, 1.82) is 0 Å². The lowest BCUT2D eigenvalue weighted by molar-refractivity contribution is -0.167. The molecule has 0 amide bonds. The van der Waals surface area contributed by atoms with Crippen LogP contribution in [0.25, 0.3) is 0 Å². The van der Waals surface area contributed by atoms with Crippen LogP contribution in [0.1, 0.15) is 253 Å². The highest BCUT2D eigenvalue weighted by molar-refractivity contribution is 5.71. The minimum absolute atomic E-state index is 0.0660. The molecule has 6 heteroatoms. The molecule has 6 nitrogen and oxygen atoms in total. The molecule has 0 saturated carbocycles. The molecule has 0 aliphatic heterocycles. The zero-order valence-corrected chi connectivity index (χ0v) is 36.1. The Morgan fingerprint density at radius 2 is 0.623 bits per heavy atom. The number of rotatable bonds is 41. The Morgan fingerprint density at radius 1 is 0.358 bits per heavy atom. The summed E-state index contributed by atoms with van der Waals surface area (Å²) in [6.07, 6.45) is 38.4. The van der Waals surface area contributed by atoms with Gasteiger partial charge in [0.25, 0.3) is 0 Å². The molecule has 0 spiro atoms. The van der Waals surface area contributed by atoms with Crippen LogP contribution in [0, 0.1) is 11.8 Å². The van der Waals surface area contributed by atoms with Crippen LogP contribution in [0.2, 0.25) is 0 Å². The first kappa shape index (κ1) is 51.4. The summed E-state index contributed by atoms with van der Waals surface area (Å²) >= 11 is 0. The lowest BCUT2D eigenvalue weighted by atomic mass is 10.0. The highest BCUT2D eigenvalue weighted by Crippen LogP contribution is 2.17. The van der Waals surface area contributed by atoms with E-state index in [0.29, 0.717) is 19.3 Å². The van der Waals surface area contributed by atoms with E-state index in [-0.39, 0.29) is 31.1 Å². The van der Waals surface area contributed by atoms with Crippen LogP contribution in [0.15, 0.2) is 0 Å². The largest absolute Gasteiger partial charge is 0.462 e. The molecule has 0 fully saturated rings. The van der Waals surface area contributed by atoms with Gasteiger partial charge >= 0.3 is 17.9 Å². The number of carbonyl (C=O) groups excluding carboxylic acids is 3. The van der Waals surface area contributed by atoms with Gasteiger partial charge in [-0.1, -0.05) is 214 Å². The summed E-state index contributed by atoms with van der Waals surface area (Å²) in [5.41, 5.74) is 0. The van der Waals surface area contributed by atoms with Crippen LogP contribution >= 0.6 is 0 Å². The molecule has 0 heterocycles. The van der Waals surface area contributed by atoms with Crippen LogP contribution < -0.4 is 0 Å². The Hall–Kier alpha value is -1.59. The van der Waals surface area contributed by atoms with Gasteiger partial charge in [0, 0.05) is 19.3 Å². The van der Waals surface area contributed by atoms with E-state index in [2.05, 4.69) is 34.6 Å². The quantitative estimate of drug-likeness (QED) is 0.0352. The number of hydrogen-bond donors (Lipinski definition) is 0. The van der Waals surface area contributed by atoms with Crippen LogP contribution in [-0.2, 0) is 28.6 Å². The summed E-state index contributed by atoms with van der Waals surface area (Å²) in [7, 11) is 0. The molecule has 0 rings (SSSR count). The summed E-state index contributed by atoms with van der Waals surface area (Å²) in [6, 6.07) is 0. The van der Waals surface area contributed by atoms with Crippen LogP contribution in [0.3, 0.4) is 0 Å². The number of ether oxygens (including phenoxy) is 3. The molecule has 314 valence electrons. The lowest BCUT2D eigenvalue weighted by Crippen LogP contribution is -2.30. The van der Waals surface area contributed by atoms with Crippen molar-refractivity contribution < 1.29 is 28.6 Å². The van der Waals surface area contributed by atoms with Gasteiger partial charge < -0.3 is 14.2 Å². The van der Waals surface area contributed by atoms with Gasteiger partial charge in [-0.3, -0.25) is 14.4 Å². The summed E-state index contributed by atoms with van der Waals surface area (Å²) in [5.74, 6) is 0.787. The summed E-state index contributed by atoms with van der Waals surface area (Å²) in [4.78, 5) is 37.5. The second-order valence-electron chi connectivity index (χ2n) is 17.0. The van der Waals surface area contributed by atoms with Gasteiger partial charge in [0.05, 0.1) is 0 Å². The zero-order chi connectivity index (χ0) is 39.0.